The standard InChI is InChI=1S/C13H22N4O2S/c1-4-6-15-12-16-10(14)9(20-12)11(18)17-13(3)5-7-19-8(13)2/h8H,4-7,14H2,1-3H3,(H,15,16)(H,17,18). The van der Waals surface area contributed by atoms with Crippen LogP contribution in [-0.2, 0) is 4.74 Å². The van der Waals surface area contributed by atoms with E-state index >= 15 is 0 Å². The van der Waals surface area contributed by atoms with E-state index in [1.807, 2.05) is 13.8 Å². The van der Waals surface area contributed by atoms with E-state index < -0.39 is 0 Å². The van der Waals surface area contributed by atoms with E-state index in [1.165, 1.54) is 11.3 Å². The minimum Gasteiger partial charge on any atom is -0.382 e. The summed E-state index contributed by atoms with van der Waals surface area (Å²) in [5, 5.41) is 6.87. The van der Waals surface area contributed by atoms with Crippen molar-refractivity contribution in [2.24, 2.45) is 0 Å². The Labute approximate surface area is 123 Å². The van der Waals surface area contributed by atoms with Crippen molar-refractivity contribution in [3.8, 4) is 0 Å². The lowest BCUT2D eigenvalue weighted by molar-refractivity contribution is 0.0730. The highest BCUT2D eigenvalue weighted by Crippen LogP contribution is 2.29. The first-order valence-electron chi connectivity index (χ1n) is 6.90. The number of anilines is 2. The van der Waals surface area contributed by atoms with Crippen molar-refractivity contribution < 1.29 is 9.53 Å². The van der Waals surface area contributed by atoms with Gasteiger partial charge in [-0.15, -0.1) is 0 Å². The fourth-order valence-corrected chi connectivity index (χ4v) is 2.92. The Balaban J connectivity index is 2.07. The predicted octanol–water partition coefficient (Wildman–Crippen LogP) is 1.84. The van der Waals surface area contributed by atoms with Crippen molar-refractivity contribution >= 4 is 28.2 Å². The molecule has 0 aromatic carbocycles. The zero-order valence-corrected chi connectivity index (χ0v) is 13.0. The number of hydrogen-bond donors (Lipinski definition) is 3. The van der Waals surface area contributed by atoms with Crippen LogP contribution in [0.3, 0.4) is 0 Å². The molecular formula is C13H22N4O2S. The number of carbonyl (C=O) groups is 1. The number of amides is 1. The normalized spacial score (nSPS) is 25.6. The fraction of sp³-hybridized carbons (Fsp3) is 0.692. The van der Waals surface area contributed by atoms with E-state index in [0.29, 0.717) is 16.6 Å². The number of carbonyl (C=O) groups excluding carboxylic acids is 1. The summed E-state index contributed by atoms with van der Waals surface area (Å²) < 4.78 is 5.52. The number of ether oxygens (including phenoxy) is 1. The van der Waals surface area contributed by atoms with Gasteiger partial charge in [-0.05, 0) is 26.7 Å². The van der Waals surface area contributed by atoms with Crippen LogP contribution in [0.25, 0.3) is 0 Å². The largest absolute Gasteiger partial charge is 0.382 e. The number of thiazole rings is 1. The molecule has 1 aliphatic rings. The Kier molecular flexibility index (Phi) is 4.49. The Morgan fingerprint density at radius 2 is 2.40 bits per heavy atom. The lowest BCUT2D eigenvalue weighted by Crippen LogP contribution is -2.50. The maximum Gasteiger partial charge on any atom is 0.265 e. The molecule has 0 aliphatic carbocycles. The van der Waals surface area contributed by atoms with Crippen LogP contribution in [0, 0.1) is 0 Å². The molecule has 0 radical (unpaired) electrons. The highest BCUT2D eigenvalue weighted by molar-refractivity contribution is 7.18. The molecule has 1 aliphatic heterocycles. The van der Waals surface area contributed by atoms with E-state index in [0.717, 1.165) is 19.4 Å². The summed E-state index contributed by atoms with van der Waals surface area (Å²) in [6.07, 6.45) is 1.80. The van der Waals surface area contributed by atoms with Crippen LogP contribution in [0.15, 0.2) is 0 Å². The van der Waals surface area contributed by atoms with Gasteiger partial charge in [-0.2, -0.15) is 0 Å². The summed E-state index contributed by atoms with van der Waals surface area (Å²) in [6, 6.07) is 0. The van der Waals surface area contributed by atoms with Gasteiger partial charge in [-0.1, -0.05) is 18.3 Å². The van der Waals surface area contributed by atoms with Gasteiger partial charge in [-0.3, -0.25) is 4.79 Å². The van der Waals surface area contributed by atoms with Crippen LogP contribution in [-0.4, -0.2) is 35.7 Å². The van der Waals surface area contributed by atoms with Crippen molar-refractivity contribution in [2.45, 2.75) is 45.3 Å². The smallest absolute Gasteiger partial charge is 0.265 e. The molecule has 20 heavy (non-hydrogen) atoms. The van der Waals surface area contributed by atoms with E-state index in [2.05, 4.69) is 22.5 Å². The summed E-state index contributed by atoms with van der Waals surface area (Å²) in [5.74, 6) is 0.102. The number of nitrogens with zero attached hydrogens (tertiary/aromatic N) is 1. The zero-order chi connectivity index (χ0) is 14.8. The summed E-state index contributed by atoms with van der Waals surface area (Å²) in [5.41, 5.74) is 5.49. The fourth-order valence-electron chi connectivity index (χ4n) is 2.12. The average molecular weight is 298 g/mol. The maximum absolute atomic E-state index is 12.4. The number of aromatic nitrogens is 1. The summed E-state index contributed by atoms with van der Waals surface area (Å²) in [6.45, 7) is 7.52. The van der Waals surface area contributed by atoms with E-state index in [4.69, 9.17) is 10.5 Å². The van der Waals surface area contributed by atoms with Gasteiger partial charge in [0.05, 0.1) is 11.6 Å². The maximum atomic E-state index is 12.4. The van der Waals surface area contributed by atoms with Gasteiger partial charge in [-0.25, -0.2) is 4.98 Å². The van der Waals surface area contributed by atoms with Crippen molar-refractivity contribution in [1.82, 2.24) is 10.3 Å². The van der Waals surface area contributed by atoms with Crippen LogP contribution >= 0.6 is 11.3 Å². The van der Waals surface area contributed by atoms with Gasteiger partial charge in [0, 0.05) is 13.2 Å². The van der Waals surface area contributed by atoms with Crippen molar-refractivity contribution in [1.29, 1.82) is 0 Å². The third-order valence-electron chi connectivity index (χ3n) is 3.67. The summed E-state index contributed by atoms with van der Waals surface area (Å²) >= 11 is 1.29. The minimum atomic E-state index is -0.343. The predicted molar refractivity (Wildman–Crippen MR) is 81.2 cm³/mol. The van der Waals surface area contributed by atoms with Crippen LogP contribution in [0.2, 0.25) is 0 Å². The molecule has 2 unspecified atom stereocenters. The molecule has 1 aromatic heterocycles. The lowest BCUT2D eigenvalue weighted by atomic mass is 9.94. The molecule has 2 heterocycles. The number of nitrogen functional groups attached to an aromatic ring is 1. The van der Waals surface area contributed by atoms with Gasteiger partial charge in [0.25, 0.3) is 5.91 Å². The Bertz CT molecular complexity index is 491. The zero-order valence-electron chi connectivity index (χ0n) is 12.2. The molecular weight excluding hydrogens is 276 g/mol. The quantitative estimate of drug-likeness (QED) is 0.772. The molecule has 0 saturated carbocycles. The monoisotopic (exact) mass is 298 g/mol. The first kappa shape index (κ1) is 15.1. The summed E-state index contributed by atoms with van der Waals surface area (Å²) in [4.78, 5) is 17.0. The second-order valence-corrected chi connectivity index (χ2v) is 6.29. The van der Waals surface area contributed by atoms with Gasteiger partial charge in [0.2, 0.25) is 0 Å². The lowest BCUT2D eigenvalue weighted by Gasteiger charge is -2.28. The highest BCUT2D eigenvalue weighted by Gasteiger charge is 2.39. The third-order valence-corrected chi connectivity index (χ3v) is 4.70. The molecule has 1 fully saturated rings. The van der Waals surface area contributed by atoms with E-state index in [1.54, 1.807) is 0 Å². The average Bonchev–Trinajstić information content (AvgIpc) is 2.91. The molecule has 1 aromatic rings. The molecule has 2 rings (SSSR count). The number of nitrogens with one attached hydrogen (secondary N) is 2. The topological polar surface area (TPSA) is 89.3 Å². The first-order chi connectivity index (χ1) is 9.46. The number of hydrogen-bond acceptors (Lipinski definition) is 6. The molecule has 0 spiro atoms. The second-order valence-electron chi connectivity index (χ2n) is 5.29. The molecule has 112 valence electrons. The van der Waals surface area contributed by atoms with Gasteiger partial charge in [0.1, 0.15) is 10.7 Å². The Morgan fingerprint density at radius 1 is 1.65 bits per heavy atom. The molecule has 1 saturated heterocycles. The number of nitrogens with two attached hydrogens (primary N) is 1. The Hall–Kier alpha value is -1.34. The van der Waals surface area contributed by atoms with Crippen molar-refractivity contribution in [2.75, 3.05) is 24.2 Å². The van der Waals surface area contributed by atoms with Crippen molar-refractivity contribution in [3.63, 3.8) is 0 Å². The molecule has 6 nitrogen and oxygen atoms in total. The SMILES string of the molecule is CCCNc1nc(N)c(C(=O)NC2(C)CCOC2C)s1. The third kappa shape index (κ3) is 3.04. The van der Waals surface area contributed by atoms with Crippen molar-refractivity contribution in [3.05, 3.63) is 4.88 Å². The number of rotatable bonds is 5. The highest BCUT2D eigenvalue weighted by atomic mass is 32.1. The second kappa shape index (κ2) is 5.97. The minimum absolute atomic E-state index is 0.00159. The molecule has 0 bridgehead atoms. The van der Waals surface area contributed by atoms with Gasteiger partial charge >= 0.3 is 0 Å². The molecule has 2 atom stereocenters. The Morgan fingerprint density at radius 3 is 3.00 bits per heavy atom. The van der Waals surface area contributed by atoms with Gasteiger partial charge < -0.3 is 21.1 Å². The van der Waals surface area contributed by atoms with Crippen LogP contribution in [0.4, 0.5) is 10.9 Å². The van der Waals surface area contributed by atoms with Crippen LogP contribution < -0.4 is 16.4 Å². The van der Waals surface area contributed by atoms with Gasteiger partial charge in [0.15, 0.2) is 5.13 Å². The van der Waals surface area contributed by atoms with E-state index in [-0.39, 0.29) is 23.4 Å². The first-order valence-corrected chi connectivity index (χ1v) is 7.72. The van der Waals surface area contributed by atoms with E-state index in [9.17, 15) is 4.79 Å². The van der Waals surface area contributed by atoms with Crippen LogP contribution in [0.5, 0.6) is 0 Å². The molecule has 4 N–H and O–H groups in total. The van der Waals surface area contributed by atoms with Crippen LogP contribution in [0.1, 0.15) is 43.3 Å². The molecule has 7 heteroatoms. The molecule has 1 amide bonds. The summed E-state index contributed by atoms with van der Waals surface area (Å²) in [7, 11) is 0.